The van der Waals surface area contributed by atoms with Crippen molar-refractivity contribution in [1.82, 2.24) is 4.98 Å². The molecular weight excluding hydrogens is 202 g/mol. The predicted octanol–water partition coefficient (Wildman–Crippen LogP) is 0.302. The summed E-state index contributed by atoms with van der Waals surface area (Å²) in [5.74, 6) is 0.338. The smallest absolute Gasteiger partial charge is 0.233 e. The molecule has 1 aromatic rings. The highest BCUT2D eigenvalue weighted by atomic mass is 32.2. The summed E-state index contributed by atoms with van der Waals surface area (Å²) < 4.78 is 24.9. The lowest BCUT2D eigenvalue weighted by Crippen LogP contribution is -2.17. The number of nitrogens with two attached hydrogens (primary N) is 1. The molecule has 0 atom stereocenters. The van der Waals surface area contributed by atoms with E-state index in [2.05, 4.69) is 9.71 Å². The monoisotopic (exact) mass is 215 g/mol. The van der Waals surface area contributed by atoms with Gasteiger partial charge in [-0.05, 0) is 13.0 Å². The third-order valence-corrected chi connectivity index (χ3v) is 3.01. The zero-order valence-corrected chi connectivity index (χ0v) is 8.71. The lowest BCUT2D eigenvalue weighted by molar-refractivity contribution is 0.602. The van der Waals surface area contributed by atoms with Gasteiger partial charge in [-0.25, -0.2) is 13.4 Å². The minimum Gasteiger partial charge on any atom is -0.326 e. The topological polar surface area (TPSA) is 85.1 Å². The van der Waals surface area contributed by atoms with E-state index in [0.717, 1.165) is 0 Å². The second-order valence-corrected chi connectivity index (χ2v) is 4.73. The number of hydrogen-bond donors (Lipinski definition) is 2. The van der Waals surface area contributed by atoms with Crippen molar-refractivity contribution >= 4 is 15.8 Å². The van der Waals surface area contributed by atoms with Crippen LogP contribution in [0.5, 0.6) is 0 Å². The molecule has 0 aromatic carbocycles. The fourth-order valence-electron chi connectivity index (χ4n) is 0.915. The molecular formula is C8H13N3O2S. The van der Waals surface area contributed by atoms with Crippen LogP contribution in [0.1, 0.15) is 12.5 Å². The van der Waals surface area contributed by atoms with Crippen LogP contribution in [0.15, 0.2) is 18.3 Å². The van der Waals surface area contributed by atoms with Gasteiger partial charge in [0.2, 0.25) is 10.0 Å². The molecule has 0 fully saturated rings. The van der Waals surface area contributed by atoms with E-state index in [1.165, 1.54) is 6.20 Å². The maximum atomic E-state index is 11.2. The second kappa shape index (κ2) is 4.39. The first-order chi connectivity index (χ1) is 6.59. The Bertz CT molecular complexity index is 403. The number of pyridine rings is 1. The van der Waals surface area contributed by atoms with Crippen molar-refractivity contribution in [2.75, 3.05) is 10.5 Å². The Labute approximate surface area is 83.4 Å². The normalized spacial score (nSPS) is 11.3. The van der Waals surface area contributed by atoms with Gasteiger partial charge in [0.15, 0.2) is 0 Å². The molecule has 1 heterocycles. The van der Waals surface area contributed by atoms with Crippen LogP contribution in [0.4, 0.5) is 5.82 Å². The largest absolute Gasteiger partial charge is 0.326 e. The van der Waals surface area contributed by atoms with E-state index >= 15 is 0 Å². The highest BCUT2D eigenvalue weighted by Crippen LogP contribution is 2.11. The third kappa shape index (κ3) is 2.68. The van der Waals surface area contributed by atoms with Gasteiger partial charge in [0.25, 0.3) is 0 Å². The van der Waals surface area contributed by atoms with Crippen LogP contribution in [-0.2, 0) is 16.6 Å². The van der Waals surface area contributed by atoms with E-state index in [-0.39, 0.29) is 12.3 Å². The minimum atomic E-state index is -3.27. The van der Waals surface area contributed by atoms with Crippen LogP contribution < -0.4 is 10.5 Å². The Morgan fingerprint density at radius 2 is 2.29 bits per heavy atom. The molecule has 0 saturated heterocycles. The number of sulfonamides is 1. The zero-order chi connectivity index (χ0) is 10.6. The Morgan fingerprint density at radius 1 is 1.57 bits per heavy atom. The Hall–Kier alpha value is -1.14. The summed E-state index contributed by atoms with van der Waals surface area (Å²) in [6.45, 7) is 1.82. The van der Waals surface area contributed by atoms with E-state index in [9.17, 15) is 8.42 Å². The summed E-state index contributed by atoms with van der Waals surface area (Å²) in [4.78, 5) is 3.91. The van der Waals surface area contributed by atoms with Gasteiger partial charge in [-0.15, -0.1) is 0 Å². The molecule has 5 nitrogen and oxygen atoms in total. The quantitative estimate of drug-likeness (QED) is 0.756. The molecule has 0 aliphatic heterocycles. The van der Waals surface area contributed by atoms with Crippen LogP contribution in [0, 0.1) is 0 Å². The average molecular weight is 215 g/mol. The molecule has 0 saturated carbocycles. The summed E-state index contributed by atoms with van der Waals surface area (Å²) >= 11 is 0. The molecule has 0 amide bonds. The minimum absolute atomic E-state index is 0.0214. The lowest BCUT2D eigenvalue weighted by Gasteiger charge is -2.08. The number of rotatable bonds is 4. The van der Waals surface area contributed by atoms with Crippen molar-refractivity contribution in [2.45, 2.75) is 13.5 Å². The Balaban J connectivity index is 2.97. The molecule has 0 aliphatic carbocycles. The van der Waals surface area contributed by atoms with Gasteiger partial charge in [-0.2, -0.15) is 0 Å². The van der Waals surface area contributed by atoms with E-state index in [0.29, 0.717) is 11.4 Å². The number of anilines is 1. The molecule has 0 aliphatic rings. The first kappa shape index (κ1) is 10.9. The van der Waals surface area contributed by atoms with E-state index < -0.39 is 10.0 Å². The Kier molecular flexibility index (Phi) is 3.43. The van der Waals surface area contributed by atoms with Gasteiger partial charge in [-0.1, -0.05) is 6.07 Å². The second-order valence-electron chi connectivity index (χ2n) is 2.72. The maximum Gasteiger partial charge on any atom is 0.233 e. The highest BCUT2D eigenvalue weighted by Gasteiger charge is 2.09. The van der Waals surface area contributed by atoms with Crippen LogP contribution in [0.25, 0.3) is 0 Å². The Morgan fingerprint density at radius 3 is 2.86 bits per heavy atom. The van der Waals surface area contributed by atoms with E-state index in [1.54, 1.807) is 19.1 Å². The first-order valence-corrected chi connectivity index (χ1v) is 5.88. The van der Waals surface area contributed by atoms with Gasteiger partial charge >= 0.3 is 0 Å². The van der Waals surface area contributed by atoms with E-state index in [1.807, 2.05) is 0 Å². The molecule has 1 rings (SSSR count). The van der Waals surface area contributed by atoms with Crippen LogP contribution >= 0.6 is 0 Å². The molecule has 0 bridgehead atoms. The van der Waals surface area contributed by atoms with Crippen molar-refractivity contribution in [3.63, 3.8) is 0 Å². The SMILES string of the molecule is CCS(=O)(=O)Nc1ncccc1CN. The van der Waals surface area contributed by atoms with Crippen molar-refractivity contribution in [2.24, 2.45) is 5.73 Å². The maximum absolute atomic E-state index is 11.2. The van der Waals surface area contributed by atoms with E-state index in [4.69, 9.17) is 5.73 Å². The van der Waals surface area contributed by atoms with Gasteiger partial charge in [0.1, 0.15) is 5.82 Å². The third-order valence-electron chi connectivity index (χ3n) is 1.74. The molecule has 0 spiro atoms. The molecule has 0 unspecified atom stereocenters. The molecule has 0 radical (unpaired) electrons. The summed E-state index contributed by atoms with van der Waals surface area (Å²) in [6.07, 6.45) is 1.52. The average Bonchev–Trinajstić information content (AvgIpc) is 2.18. The van der Waals surface area contributed by atoms with Crippen molar-refractivity contribution in [3.05, 3.63) is 23.9 Å². The van der Waals surface area contributed by atoms with Crippen molar-refractivity contribution < 1.29 is 8.42 Å². The number of nitrogens with zero attached hydrogens (tertiary/aromatic N) is 1. The van der Waals surface area contributed by atoms with Crippen LogP contribution in [-0.4, -0.2) is 19.2 Å². The fraction of sp³-hybridized carbons (Fsp3) is 0.375. The molecule has 3 N–H and O–H groups in total. The van der Waals surface area contributed by atoms with Crippen molar-refractivity contribution in [1.29, 1.82) is 0 Å². The van der Waals surface area contributed by atoms with Crippen LogP contribution in [0.2, 0.25) is 0 Å². The summed E-state index contributed by atoms with van der Waals surface area (Å²) in [6, 6.07) is 3.45. The van der Waals surface area contributed by atoms with Gasteiger partial charge < -0.3 is 5.73 Å². The summed E-state index contributed by atoms with van der Waals surface area (Å²) in [5.41, 5.74) is 6.12. The van der Waals surface area contributed by atoms with Gasteiger partial charge in [0, 0.05) is 18.3 Å². The molecule has 14 heavy (non-hydrogen) atoms. The van der Waals surface area contributed by atoms with Gasteiger partial charge in [0.05, 0.1) is 5.75 Å². The van der Waals surface area contributed by atoms with Crippen molar-refractivity contribution in [3.8, 4) is 0 Å². The summed E-state index contributed by atoms with van der Waals surface area (Å²) in [7, 11) is -3.27. The summed E-state index contributed by atoms with van der Waals surface area (Å²) in [5, 5.41) is 0. The molecule has 78 valence electrons. The van der Waals surface area contributed by atoms with Crippen LogP contribution in [0.3, 0.4) is 0 Å². The number of hydrogen-bond acceptors (Lipinski definition) is 4. The highest BCUT2D eigenvalue weighted by molar-refractivity contribution is 7.92. The molecule has 1 aromatic heterocycles. The standard InChI is InChI=1S/C8H13N3O2S/c1-2-14(12,13)11-8-7(6-9)4-3-5-10-8/h3-5H,2,6,9H2,1H3,(H,10,11). The predicted molar refractivity (Wildman–Crippen MR) is 55.2 cm³/mol. The number of aromatic nitrogens is 1. The zero-order valence-electron chi connectivity index (χ0n) is 7.90. The fourth-order valence-corrected chi connectivity index (χ4v) is 1.54. The first-order valence-electron chi connectivity index (χ1n) is 4.23. The number of nitrogens with one attached hydrogen (secondary N) is 1. The van der Waals surface area contributed by atoms with Gasteiger partial charge in [-0.3, -0.25) is 4.72 Å². The molecule has 6 heteroatoms. The lowest BCUT2D eigenvalue weighted by atomic mass is 10.3.